The second-order valence-corrected chi connectivity index (χ2v) is 5.70. The largest absolute Gasteiger partial charge is 0.434 e. The van der Waals surface area contributed by atoms with Crippen molar-refractivity contribution >= 4 is 22.7 Å². The maximum Gasteiger partial charge on any atom is 0.434 e. The van der Waals surface area contributed by atoms with E-state index in [1.807, 2.05) is 5.38 Å². The van der Waals surface area contributed by atoms with E-state index in [-0.39, 0.29) is 10.8 Å². The van der Waals surface area contributed by atoms with Gasteiger partial charge in [-0.25, -0.2) is 19.9 Å². The molecule has 3 heterocycles. The van der Waals surface area contributed by atoms with Crippen LogP contribution in [0.3, 0.4) is 0 Å². The normalized spacial score (nSPS) is 11.8. The summed E-state index contributed by atoms with van der Waals surface area (Å²) < 4.78 is 37.8. The molecule has 0 aliphatic rings. The zero-order valence-corrected chi connectivity index (χ0v) is 12.2. The van der Waals surface area contributed by atoms with E-state index in [2.05, 4.69) is 19.9 Å². The zero-order chi connectivity index (χ0) is 15.0. The molecule has 108 valence electrons. The lowest BCUT2D eigenvalue weighted by Gasteiger charge is -2.02. The van der Waals surface area contributed by atoms with E-state index in [1.165, 1.54) is 11.3 Å². The van der Waals surface area contributed by atoms with Gasteiger partial charge in [-0.3, -0.25) is 0 Å². The van der Waals surface area contributed by atoms with Crippen molar-refractivity contribution in [2.24, 2.45) is 0 Å². The number of hydrogen-bond acceptors (Lipinski definition) is 6. The molecule has 0 N–H and O–H groups in total. The van der Waals surface area contributed by atoms with Gasteiger partial charge in [0.05, 0.1) is 16.9 Å². The molecule has 3 rings (SSSR count). The van der Waals surface area contributed by atoms with E-state index in [9.17, 15) is 13.2 Å². The van der Waals surface area contributed by atoms with E-state index in [0.717, 1.165) is 16.7 Å². The Labute approximate surface area is 125 Å². The maximum atomic E-state index is 12.6. The summed E-state index contributed by atoms with van der Waals surface area (Å²) in [6.45, 7) is 1.75. The first-order valence-electron chi connectivity index (χ1n) is 5.71. The minimum absolute atomic E-state index is 0.141. The fourth-order valence-corrected chi connectivity index (χ4v) is 2.94. The number of alkyl halides is 3. The van der Waals surface area contributed by atoms with Crippen LogP contribution in [0.15, 0.2) is 22.3 Å². The van der Waals surface area contributed by atoms with Crippen LogP contribution in [0.1, 0.15) is 11.4 Å². The number of nitrogens with zero attached hydrogens (tertiary/aromatic N) is 4. The van der Waals surface area contributed by atoms with Crippen molar-refractivity contribution in [3.8, 4) is 22.2 Å². The SMILES string of the molecule is Cc1cc(-c2cscn2)nc(-c2nc(C(F)(F)F)cs2)n1. The smallest absolute Gasteiger partial charge is 0.243 e. The van der Waals surface area contributed by atoms with Crippen molar-refractivity contribution < 1.29 is 13.2 Å². The molecule has 3 aromatic heterocycles. The summed E-state index contributed by atoms with van der Waals surface area (Å²) in [5.74, 6) is 0.179. The third-order valence-corrected chi connectivity index (χ3v) is 3.96. The topological polar surface area (TPSA) is 51.6 Å². The predicted octanol–water partition coefficient (Wildman–Crippen LogP) is 4.05. The van der Waals surface area contributed by atoms with Crippen LogP contribution in [0.4, 0.5) is 13.2 Å². The molecule has 0 bridgehead atoms. The summed E-state index contributed by atoms with van der Waals surface area (Å²) in [7, 11) is 0. The molecule has 0 aliphatic heterocycles. The number of aromatic nitrogens is 4. The molecule has 0 amide bonds. The Balaban J connectivity index is 2.05. The van der Waals surface area contributed by atoms with Gasteiger partial charge in [-0.15, -0.1) is 22.7 Å². The molecule has 0 saturated heterocycles. The van der Waals surface area contributed by atoms with Gasteiger partial charge in [0.1, 0.15) is 0 Å². The molecule has 0 aliphatic carbocycles. The molecule has 0 spiro atoms. The lowest BCUT2D eigenvalue weighted by molar-refractivity contribution is -0.140. The number of hydrogen-bond donors (Lipinski definition) is 0. The molecule has 0 unspecified atom stereocenters. The Bertz CT molecular complexity index is 765. The number of rotatable bonds is 2. The Kier molecular flexibility index (Phi) is 3.46. The van der Waals surface area contributed by atoms with Gasteiger partial charge in [-0.2, -0.15) is 13.2 Å². The number of halogens is 3. The fourth-order valence-electron chi connectivity index (χ4n) is 1.64. The van der Waals surface area contributed by atoms with Crippen molar-refractivity contribution in [1.82, 2.24) is 19.9 Å². The number of thiazole rings is 2. The van der Waals surface area contributed by atoms with Gasteiger partial charge in [0.15, 0.2) is 16.5 Å². The zero-order valence-electron chi connectivity index (χ0n) is 10.5. The molecule has 0 saturated carbocycles. The Hall–Kier alpha value is -1.87. The average Bonchev–Trinajstić information content (AvgIpc) is 3.09. The van der Waals surface area contributed by atoms with Gasteiger partial charge in [-0.05, 0) is 13.0 Å². The lowest BCUT2D eigenvalue weighted by atomic mass is 10.3. The van der Waals surface area contributed by atoms with E-state index >= 15 is 0 Å². The second kappa shape index (κ2) is 5.15. The van der Waals surface area contributed by atoms with Crippen LogP contribution in [0.5, 0.6) is 0 Å². The second-order valence-electron chi connectivity index (χ2n) is 4.13. The monoisotopic (exact) mass is 328 g/mol. The van der Waals surface area contributed by atoms with Crippen LogP contribution in [-0.2, 0) is 6.18 Å². The van der Waals surface area contributed by atoms with Crippen LogP contribution in [-0.4, -0.2) is 19.9 Å². The highest BCUT2D eigenvalue weighted by molar-refractivity contribution is 7.13. The molecular weight excluding hydrogens is 321 g/mol. The highest BCUT2D eigenvalue weighted by atomic mass is 32.1. The summed E-state index contributed by atoms with van der Waals surface area (Å²) >= 11 is 2.29. The van der Waals surface area contributed by atoms with Gasteiger partial charge in [0.2, 0.25) is 0 Å². The molecule has 21 heavy (non-hydrogen) atoms. The van der Waals surface area contributed by atoms with Crippen LogP contribution in [0.2, 0.25) is 0 Å². The first-order valence-corrected chi connectivity index (χ1v) is 7.53. The van der Waals surface area contributed by atoms with E-state index < -0.39 is 11.9 Å². The summed E-state index contributed by atoms with van der Waals surface area (Å²) in [5.41, 5.74) is 2.62. The van der Waals surface area contributed by atoms with Crippen molar-refractivity contribution in [2.45, 2.75) is 13.1 Å². The molecule has 3 aromatic rings. The van der Waals surface area contributed by atoms with Crippen LogP contribution in [0, 0.1) is 6.92 Å². The molecule has 0 radical (unpaired) electrons. The highest BCUT2D eigenvalue weighted by Gasteiger charge is 2.34. The lowest BCUT2D eigenvalue weighted by Crippen LogP contribution is -2.05. The first kappa shape index (κ1) is 14.1. The molecule has 0 aromatic carbocycles. The first-order chi connectivity index (χ1) is 9.93. The van der Waals surface area contributed by atoms with Gasteiger partial charge in [0.25, 0.3) is 0 Å². The Morgan fingerprint density at radius 1 is 1.05 bits per heavy atom. The predicted molar refractivity (Wildman–Crippen MR) is 74.0 cm³/mol. The third-order valence-electron chi connectivity index (χ3n) is 2.53. The van der Waals surface area contributed by atoms with E-state index in [4.69, 9.17) is 0 Å². The standard InChI is InChI=1S/C12H7F3N4S2/c1-6-2-7(8-3-20-5-16-8)18-10(17-6)11-19-9(4-21-11)12(13,14)15/h2-5H,1H3. The fraction of sp³-hybridized carbons (Fsp3) is 0.167. The molecule has 0 fully saturated rings. The average molecular weight is 328 g/mol. The molecule has 4 nitrogen and oxygen atoms in total. The van der Waals surface area contributed by atoms with E-state index in [0.29, 0.717) is 17.1 Å². The van der Waals surface area contributed by atoms with Crippen LogP contribution < -0.4 is 0 Å². The van der Waals surface area contributed by atoms with Crippen LogP contribution in [0.25, 0.3) is 22.2 Å². The minimum atomic E-state index is -4.46. The number of aryl methyl sites for hydroxylation is 1. The molecule has 9 heteroatoms. The van der Waals surface area contributed by atoms with E-state index in [1.54, 1.807) is 18.5 Å². The minimum Gasteiger partial charge on any atom is -0.243 e. The van der Waals surface area contributed by atoms with Gasteiger partial charge in [0, 0.05) is 16.5 Å². The van der Waals surface area contributed by atoms with Crippen molar-refractivity contribution in [3.05, 3.63) is 33.7 Å². The quantitative estimate of drug-likeness (QED) is 0.712. The Morgan fingerprint density at radius 3 is 2.48 bits per heavy atom. The summed E-state index contributed by atoms with van der Waals surface area (Å²) in [6, 6.07) is 1.73. The summed E-state index contributed by atoms with van der Waals surface area (Å²) in [4.78, 5) is 16.1. The van der Waals surface area contributed by atoms with Gasteiger partial charge >= 0.3 is 6.18 Å². The summed E-state index contributed by atoms with van der Waals surface area (Å²) in [5, 5.41) is 2.92. The van der Waals surface area contributed by atoms with Crippen LogP contribution >= 0.6 is 22.7 Å². The van der Waals surface area contributed by atoms with Gasteiger partial charge < -0.3 is 0 Å². The summed E-state index contributed by atoms with van der Waals surface area (Å²) in [6.07, 6.45) is -4.46. The third kappa shape index (κ3) is 2.93. The highest BCUT2D eigenvalue weighted by Crippen LogP contribution is 2.33. The Morgan fingerprint density at radius 2 is 1.86 bits per heavy atom. The maximum absolute atomic E-state index is 12.6. The van der Waals surface area contributed by atoms with Crippen molar-refractivity contribution in [3.63, 3.8) is 0 Å². The van der Waals surface area contributed by atoms with Gasteiger partial charge in [-0.1, -0.05) is 0 Å². The molecular formula is C12H7F3N4S2. The molecule has 0 atom stereocenters. The van der Waals surface area contributed by atoms with Crippen molar-refractivity contribution in [1.29, 1.82) is 0 Å². The van der Waals surface area contributed by atoms with Crippen molar-refractivity contribution in [2.75, 3.05) is 0 Å².